The van der Waals surface area contributed by atoms with E-state index in [0.29, 0.717) is 19.8 Å². The number of halogens is 1. The average molecular weight is 284 g/mol. The predicted octanol–water partition coefficient (Wildman–Crippen LogP) is 2.19. The Hall–Kier alpha value is -1.10. The number of hydrogen-bond acceptors (Lipinski definition) is 3. The molecule has 1 saturated heterocycles. The number of ether oxygens (including phenoxy) is 2. The molecule has 0 unspecified atom stereocenters. The monoisotopic (exact) mass is 283 g/mol. The van der Waals surface area contributed by atoms with Gasteiger partial charge >= 0.3 is 0 Å². The van der Waals surface area contributed by atoms with Crippen molar-refractivity contribution in [1.82, 2.24) is 0 Å². The van der Waals surface area contributed by atoms with Gasteiger partial charge in [0.1, 0.15) is 5.88 Å². The van der Waals surface area contributed by atoms with E-state index in [1.54, 1.807) is 4.90 Å². The Bertz CT molecular complexity index is 432. The summed E-state index contributed by atoms with van der Waals surface area (Å²) in [5, 5.41) is 0. The number of rotatable bonds is 5. The highest BCUT2D eigenvalue weighted by Gasteiger charge is 2.24. The van der Waals surface area contributed by atoms with Gasteiger partial charge < -0.3 is 14.4 Å². The van der Waals surface area contributed by atoms with Crippen LogP contribution in [0.25, 0.3) is 0 Å². The number of alkyl halides is 1. The Morgan fingerprint density at radius 2 is 2.05 bits per heavy atom. The molecule has 1 fully saturated rings. The van der Waals surface area contributed by atoms with Crippen molar-refractivity contribution in [2.75, 3.05) is 30.5 Å². The van der Waals surface area contributed by atoms with Gasteiger partial charge in [0, 0.05) is 5.69 Å². The molecule has 1 aliphatic rings. The van der Waals surface area contributed by atoms with Crippen molar-refractivity contribution in [3.63, 3.8) is 0 Å². The molecule has 1 aromatic rings. The number of aryl methyl sites for hydroxylation is 1. The Morgan fingerprint density at radius 1 is 1.37 bits per heavy atom. The van der Waals surface area contributed by atoms with E-state index in [-0.39, 0.29) is 18.1 Å². The first-order chi connectivity index (χ1) is 9.26. The SMILES string of the molecule is CCc1ccccc1N(CC1OCCO1)C(=O)CCl. The molecule has 1 heterocycles. The topological polar surface area (TPSA) is 38.8 Å². The Balaban J connectivity index is 2.23. The first-order valence-corrected chi connectivity index (χ1v) is 6.97. The lowest BCUT2D eigenvalue weighted by Crippen LogP contribution is -2.39. The lowest BCUT2D eigenvalue weighted by Gasteiger charge is -2.26. The quantitative estimate of drug-likeness (QED) is 0.778. The third-order valence-electron chi connectivity index (χ3n) is 3.10. The number of hydrogen-bond donors (Lipinski definition) is 0. The van der Waals surface area contributed by atoms with E-state index in [4.69, 9.17) is 21.1 Å². The second-order valence-corrected chi connectivity index (χ2v) is 4.56. The maximum Gasteiger partial charge on any atom is 0.242 e. The Kier molecular flexibility index (Phi) is 5.19. The molecule has 0 bridgehead atoms. The molecular formula is C14H18ClNO3. The van der Waals surface area contributed by atoms with Crippen LogP contribution in [0.1, 0.15) is 12.5 Å². The summed E-state index contributed by atoms with van der Waals surface area (Å²) in [6.45, 7) is 3.58. The van der Waals surface area contributed by atoms with Gasteiger partial charge in [0.15, 0.2) is 6.29 Å². The lowest BCUT2D eigenvalue weighted by molar-refractivity contribution is -0.117. The van der Waals surface area contributed by atoms with Crippen LogP contribution in [0.3, 0.4) is 0 Å². The van der Waals surface area contributed by atoms with Gasteiger partial charge in [0.05, 0.1) is 19.8 Å². The van der Waals surface area contributed by atoms with Crippen LogP contribution in [0.5, 0.6) is 0 Å². The fourth-order valence-electron chi connectivity index (χ4n) is 2.14. The molecule has 0 atom stereocenters. The number of benzene rings is 1. The summed E-state index contributed by atoms with van der Waals surface area (Å²) in [4.78, 5) is 13.7. The first kappa shape index (κ1) is 14.3. The molecule has 4 nitrogen and oxygen atoms in total. The summed E-state index contributed by atoms with van der Waals surface area (Å²) in [6.07, 6.45) is 0.492. The van der Waals surface area contributed by atoms with E-state index in [0.717, 1.165) is 17.7 Å². The molecule has 1 aromatic carbocycles. The van der Waals surface area contributed by atoms with Gasteiger partial charge in [0.25, 0.3) is 0 Å². The zero-order valence-electron chi connectivity index (χ0n) is 11.0. The zero-order chi connectivity index (χ0) is 13.7. The zero-order valence-corrected chi connectivity index (χ0v) is 11.7. The van der Waals surface area contributed by atoms with Crippen molar-refractivity contribution in [1.29, 1.82) is 0 Å². The van der Waals surface area contributed by atoms with Crippen molar-refractivity contribution in [3.05, 3.63) is 29.8 Å². The third kappa shape index (κ3) is 3.47. The van der Waals surface area contributed by atoms with Crippen LogP contribution in [-0.4, -0.2) is 37.8 Å². The molecule has 0 N–H and O–H groups in total. The molecule has 2 rings (SSSR count). The number of carbonyl (C=O) groups excluding carboxylic acids is 1. The van der Waals surface area contributed by atoms with Gasteiger partial charge in [-0.05, 0) is 18.1 Å². The molecule has 104 valence electrons. The largest absolute Gasteiger partial charge is 0.348 e. The maximum absolute atomic E-state index is 12.1. The molecule has 0 aliphatic carbocycles. The molecule has 0 saturated carbocycles. The van der Waals surface area contributed by atoms with Crippen molar-refractivity contribution in [2.45, 2.75) is 19.6 Å². The third-order valence-corrected chi connectivity index (χ3v) is 3.33. The maximum atomic E-state index is 12.1. The minimum Gasteiger partial charge on any atom is -0.348 e. The highest BCUT2D eigenvalue weighted by Crippen LogP contribution is 2.23. The minimum atomic E-state index is -0.364. The molecule has 0 aromatic heterocycles. The standard InChI is InChI=1S/C14H18ClNO3/c1-2-11-5-3-4-6-12(11)16(13(17)9-15)10-14-18-7-8-19-14/h3-6,14H,2,7-10H2,1H3. The van der Waals surface area contributed by atoms with Crippen molar-refractivity contribution in [3.8, 4) is 0 Å². The molecule has 1 amide bonds. The van der Waals surface area contributed by atoms with E-state index < -0.39 is 0 Å². The van der Waals surface area contributed by atoms with Crippen LogP contribution in [0, 0.1) is 0 Å². The van der Waals surface area contributed by atoms with Crippen molar-refractivity contribution < 1.29 is 14.3 Å². The average Bonchev–Trinajstić information content (AvgIpc) is 2.97. The number of anilines is 1. The van der Waals surface area contributed by atoms with E-state index in [2.05, 4.69) is 6.92 Å². The molecule has 1 aliphatic heterocycles. The molecular weight excluding hydrogens is 266 g/mol. The van der Waals surface area contributed by atoms with Gasteiger partial charge in [0.2, 0.25) is 5.91 Å². The summed E-state index contributed by atoms with van der Waals surface area (Å²) in [7, 11) is 0. The number of amides is 1. The van der Waals surface area contributed by atoms with Gasteiger partial charge in [-0.25, -0.2) is 0 Å². The fourth-order valence-corrected chi connectivity index (χ4v) is 2.29. The number of nitrogens with zero attached hydrogens (tertiary/aromatic N) is 1. The Morgan fingerprint density at radius 3 is 2.68 bits per heavy atom. The predicted molar refractivity (Wildman–Crippen MR) is 74.6 cm³/mol. The molecule has 0 spiro atoms. The normalized spacial score (nSPS) is 15.7. The van der Waals surface area contributed by atoms with Gasteiger partial charge in [-0.15, -0.1) is 11.6 Å². The Labute approximate surface area is 118 Å². The smallest absolute Gasteiger partial charge is 0.242 e. The van der Waals surface area contributed by atoms with Gasteiger partial charge in [-0.3, -0.25) is 4.79 Å². The van der Waals surface area contributed by atoms with Crippen LogP contribution in [0.2, 0.25) is 0 Å². The number of para-hydroxylation sites is 1. The summed E-state index contributed by atoms with van der Waals surface area (Å²) >= 11 is 5.70. The van der Waals surface area contributed by atoms with E-state index in [1.165, 1.54) is 0 Å². The summed E-state index contributed by atoms with van der Waals surface area (Å²) in [5.41, 5.74) is 1.99. The first-order valence-electron chi connectivity index (χ1n) is 6.43. The second-order valence-electron chi connectivity index (χ2n) is 4.29. The van der Waals surface area contributed by atoms with Crippen LogP contribution >= 0.6 is 11.6 Å². The van der Waals surface area contributed by atoms with E-state index >= 15 is 0 Å². The summed E-state index contributed by atoms with van der Waals surface area (Å²) in [6, 6.07) is 7.83. The summed E-state index contributed by atoms with van der Waals surface area (Å²) < 4.78 is 10.8. The van der Waals surface area contributed by atoms with Crippen molar-refractivity contribution in [2.24, 2.45) is 0 Å². The molecule has 19 heavy (non-hydrogen) atoms. The van der Waals surface area contributed by atoms with Crippen LogP contribution in [-0.2, 0) is 20.7 Å². The second kappa shape index (κ2) is 6.89. The van der Waals surface area contributed by atoms with Crippen LogP contribution in [0.4, 0.5) is 5.69 Å². The van der Waals surface area contributed by atoms with Crippen molar-refractivity contribution >= 4 is 23.2 Å². The minimum absolute atomic E-state index is 0.0508. The summed E-state index contributed by atoms with van der Waals surface area (Å²) in [5.74, 6) is -0.188. The molecule has 0 radical (unpaired) electrons. The van der Waals surface area contributed by atoms with Crippen LogP contribution < -0.4 is 4.90 Å². The van der Waals surface area contributed by atoms with Crippen LogP contribution in [0.15, 0.2) is 24.3 Å². The van der Waals surface area contributed by atoms with E-state index in [9.17, 15) is 4.79 Å². The highest BCUT2D eigenvalue weighted by atomic mass is 35.5. The van der Waals surface area contributed by atoms with E-state index in [1.807, 2.05) is 24.3 Å². The van der Waals surface area contributed by atoms with Gasteiger partial charge in [-0.2, -0.15) is 0 Å². The molecule has 5 heteroatoms. The van der Waals surface area contributed by atoms with Gasteiger partial charge in [-0.1, -0.05) is 25.1 Å². The lowest BCUT2D eigenvalue weighted by atomic mass is 10.1. The highest BCUT2D eigenvalue weighted by molar-refractivity contribution is 6.29. The number of carbonyl (C=O) groups is 1. The fraction of sp³-hybridized carbons (Fsp3) is 0.500.